The zero-order valence-corrected chi connectivity index (χ0v) is 27.9. The number of halogens is 2. The van der Waals surface area contributed by atoms with E-state index < -0.39 is 10.4 Å². The third kappa shape index (κ3) is 18.3. The number of nitrogens with two attached hydrogens (primary N) is 4. The largest absolute Gasteiger partial charge is 0.394 e. The van der Waals surface area contributed by atoms with Crippen molar-refractivity contribution < 1.29 is 17.5 Å². The smallest absolute Gasteiger partial charge is 0.370 e. The molecule has 0 aliphatic heterocycles. The van der Waals surface area contributed by atoms with Gasteiger partial charge in [-0.15, -0.1) is 0 Å². The summed E-state index contributed by atoms with van der Waals surface area (Å²) in [5.41, 5.74) is 26.2. The molecule has 0 unspecified atom stereocenters. The van der Waals surface area contributed by atoms with Gasteiger partial charge in [-0.25, -0.2) is 0 Å². The summed E-state index contributed by atoms with van der Waals surface area (Å²) in [5.74, 6) is 0.233. The van der Waals surface area contributed by atoms with Crippen LogP contribution in [0.1, 0.15) is 11.1 Å². The summed E-state index contributed by atoms with van der Waals surface area (Å²) in [6.45, 7) is 4.16. The number of hydrogen-bond donors (Lipinski definition) is 6. The molecule has 0 aliphatic carbocycles. The second-order valence-electron chi connectivity index (χ2n) is 9.83. The molecule has 4 aromatic rings. The molecule has 0 aliphatic rings. The minimum absolute atomic E-state index is 0.116. The number of hydrogen-bond acceptors (Lipinski definition) is 6. The van der Waals surface area contributed by atoms with Crippen molar-refractivity contribution in [2.75, 3.05) is 36.0 Å². The Hall–Kier alpha value is -4.53. The van der Waals surface area contributed by atoms with Gasteiger partial charge in [-0.2, -0.15) is 8.42 Å². The van der Waals surface area contributed by atoms with Gasteiger partial charge in [0.1, 0.15) is 0 Å². The van der Waals surface area contributed by atoms with Gasteiger partial charge in [-0.3, -0.25) is 19.1 Å². The van der Waals surface area contributed by atoms with Crippen LogP contribution >= 0.6 is 23.2 Å². The van der Waals surface area contributed by atoms with Crippen molar-refractivity contribution in [1.29, 1.82) is 0 Å². The molecule has 0 spiro atoms. The topological polar surface area (TPSA) is 210 Å². The van der Waals surface area contributed by atoms with E-state index in [9.17, 15) is 0 Å². The predicted octanol–water partition coefficient (Wildman–Crippen LogP) is 4.59. The van der Waals surface area contributed by atoms with Crippen LogP contribution in [0.25, 0.3) is 0 Å². The fourth-order valence-electron chi connectivity index (χ4n) is 4.11. The van der Waals surface area contributed by atoms with Crippen LogP contribution < -0.4 is 32.7 Å². The van der Waals surface area contributed by atoms with Crippen molar-refractivity contribution in [1.82, 2.24) is 0 Å². The van der Waals surface area contributed by atoms with Crippen LogP contribution in [0.3, 0.4) is 0 Å². The molecular formula is C32H40Cl2N8O4S. The molecule has 12 nitrogen and oxygen atoms in total. The van der Waals surface area contributed by atoms with Crippen molar-refractivity contribution >= 4 is 56.9 Å². The van der Waals surface area contributed by atoms with E-state index in [-0.39, 0.29) is 11.9 Å². The maximum absolute atomic E-state index is 8.74. The van der Waals surface area contributed by atoms with Crippen LogP contribution in [0.15, 0.2) is 119 Å². The van der Waals surface area contributed by atoms with Crippen LogP contribution in [0.2, 0.25) is 10.0 Å². The van der Waals surface area contributed by atoms with E-state index in [0.29, 0.717) is 13.1 Å². The normalized spacial score (nSPS) is 10.3. The van der Waals surface area contributed by atoms with E-state index in [2.05, 4.69) is 44.1 Å². The molecule has 0 amide bonds. The molecule has 10 N–H and O–H groups in total. The number of aliphatic imine (C=N–C) groups is 2. The SMILES string of the molecule is NC(N)=NCCN(Cc1ccccc1)c1ccc(Cl)cc1.NC(N)=NCCN(Cc1ccccc1)c1ccc(Cl)cc1.O=S(=O)(O)O. The third-order valence-corrected chi connectivity index (χ3v) is 6.65. The molecule has 15 heteroatoms. The summed E-state index contributed by atoms with van der Waals surface area (Å²) >= 11 is 11.9. The molecule has 47 heavy (non-hydrogen) atoms. The lowest BCUT2D eigenvalue weighted by atomic mass is 10.2. The summed E-state index contributed by atoms with van der Waals surface area (Å²) in [4.78, 5) is 12.5. The minimum Gasteiger partial charge on any atom is -0.370 e. The molecule has 0 radical (unpaired) electrons. The lowest BCUT2D eigenvalue weighted by Gasteiger charge is -2.24. The Kier molecular flexibility index (Phi) is 16.9. The van der Waals surface area contributed by atoms with Gasteiger partial charge in [-0.05, 0) is 59.7 Å². The van der Waals surface area contributed by atoms with Crippen LogP contribution in [0, 0.1) is 0 Å². The number of rotatable bonds is 12. The molecule has 252 valence electrons. The Balaban J connectivity index is 0.000000286. The minimum atomic E-state index is -4.67. The van der Waals surface area contributed by atoms with Crippen LogP contribution in [-0.4, -0.2) is 55.6 Å². The number of anilines is 2. The first-order valence-corrected chi connectivity index (χ1v) is 16.3. The second kappa shape index (κ2) is 20.6. The highest BCUT2D eigenvalue weighted by Crippen LogP contribution is 2.21. The summed E-state index contributed by atoms with van der Waals surface area (Å²) in [6.07, 6.45) is 0. The molecule has 0 bridgehead atoms. The van der Waals surface area contributed by atoms with E-state index >= 15 is 0 Å². The van der Waals surface area contributed by atoms with Gasteiger partial charge in [0.05, 0.1) is 13.1 Å². The Bertz CT molecular complexity index is 1500. The summed E-state index contributed by atoms with van der Waals surface area (Å²) in [5, 5.41) is 1.45. The fourth-order valence-corrected chi connectivity index (χ4v) is 4.36. The Labute approximate surface area is 285 Å². The fraction of sp³-hybridized carbons (Fsp3) is 0.188. The highest BCUT2D eigenvalue weighted by Gasteiger charge is 2.08. The van der Waals surface area contributed by atoms with Gasteiger partial charge >= 0.3 is 10.4 Å². The predicted molar refractivity (Wildman–Crippen MR) is 193 cm³/mol. The molecule has 0 atom stereocenters. The van der Waals surface area contributed by atoms with Gasteiger partial charge in [0.25, 0.3) is 0 Å². The lowest BCUT2D eigenvalue weighted by Crippen LogP contribution is -2.28. The second-order valence-corrected chi connectivity index (χ2v) is 11.6. The molecule has 0 fully saturated rings. The van der Waals surface area contributed by atoms with Gasteiger partial charge in [0.15, 0.2) is 11.9 Å². The maximum atomic E-state index is 8.74. The lowest BCUT2D eigenvalue weighted by molar-refractivity contribution is 0.381. The molecule has 4 rings (SSSR count). The molecular weight excluding hydrogens is 663 g/mol. The molecule has 0 saturated heterocycles. The van der Waals surface area contributed by atoms with Gasteiger partial charge in [0, 0.05) is 47.6 Å². The average Bonchev–Trinajstić information content (AvgIpc) is 3.01. The number of nitrogens with zero attached hydrogens (tertiary/aromatic N) is 4. The Morgan fingerprint density at radius 1 is 0.574 bits per heavy atom. The highest BCUT2D eigenvalue weighted by atomic mass is 35.5. The van der Waals surface area contributed by atoms with Crippen molar-refractivity contribution in [3.05, 3.63) is 130 Å². The number of guanidine groups is 2. The maximum Gasteiger partial charge on any atom is 0.394 e. The monoisotopic (exact) mass is 702 g/mol. The molecule has 0 heterocycles. The van der Waals surface area contributed by atoms with Crippen molar-refractivity contribution in [3.8, 4) is 0 Å². The summed E-state index contributed by atoms with van der Waals surface area (Å²) < 4.78 is 31.6. The molecule has 0 aromatic heterocycles. The first kappa shape index (κ1) is 38.7. The van der Waals surface area contributed by atoms with E-state index in [1.165, 1.54) is 11.1 Å². The van der Waals surface area contributed by atoms with Gasteiger partial charge < -0.3 is 32.7 Å². The van der Waals surface area contributed by atoms with E-state index in [4.69, 9.17) is 63.7 Å². The van der Waals surface area contributed by atoms with Crippen molar-refractivity contribution in [2.45, 2.75) is 13.1 Å². The standard InChI is InChI=1S/2C16H19ClN4.H2O4S/c2*17-14-6-8-15(9-7-14)21(11-10-20-16(18)19)12-13-4-2-1-3-5-13;1-5(2,3)4/h2*1-9H,10-12H2,(H4,18,19,20);(H2,1,2,3,4). The van der Waals surface area contributed by atoms with Crippen LogP contribution in [-0.2, 0) is 23.5 Å². The average molecular weight is 704 g/mol. The van der Waals surface area contributed by atoms with E-state index in [1.54, 1.807) is 0 Å². The first-order chi connectivity index (χ1) is 22.3. The Morgan fingerprint density at radius 2 is 0.872 bits per heavy atom. The number of benzene rings is 4. The Morgan fingerprint density at radius 3 is 1.15 bits per heavy atom. The van der Waals surface area contributed by atoms with E-state index in [0.717, 1.165) is 47.6 Å². The van der Waals surface area contributed by atoms with Gasteiger partial charge in [0.2, 0.25) is 0 Å². The summed E-state index contributed by atoms with van der Waals surface area (Å²) in [7, 11) is -4.67. The van der Waals surface area contributed by atoms with Crippen LogP contribution in [0.5, 0.6) is 0 Å². The van der Waals surface area contributed by atoms with Crippen LogP contribution in [0.4, 0.5) is 11.4 Å². The summed E-state index contributed by atoms with van der Waals surface area (Å²) in [6, 6.07) is 36.1. The molecule has 0 saturated carbocycles. The van der Waals surface area contributed by atoms with E-state index in [1.807, 2.05) is 84.9 Å². The molecule has 4 aromatic carbocycles. The van der Waals surface area contributed by atoms with Crippen molar-refractivity contribution in [2.24, 2.45) is 32.9 Å². The quantitative estimate of drug-likeness (QED) is 0.0687. The zero-order valence-electron chi connectivity index (χ0n) is 25.6. The first-order valence-electron chi connectivity index (χ1n) is 14.2. The van der Waals surface area contributed by atoms with Gasteiger partial charge in [-0.1, -0.05) is 83.9 Å². The third-order valence-electron chi connectivity index (χ3n) is 6.14. The zero-order chi connectivity index (χ0) is 34.7. The van der Waals surface area contributed by atoms with Crippen molar-refractivity contribution in [3.63, 3.8) is 0 Å². The highest BCUT2D eigenvalue weighted by molar-refractivity contribution is 7.79.